The quantitative estimate of drug-likeness (QED) is 0.326. The van der Waals surface area contributed by atoms with Crippen LogP contribution in [-0.2, 0) is 19.1 Å². The van der Waals surface area contributed by atoms with Gasteiger partial charge in [0.15, 0.2) is 6.61 Å². The molecule has 0 unspecified atom stereocenters. The summed E-state index contributed by atoms with van der Waals surface area (Å²) in [6.07, 6.45) is -0.256. The van der Waals surface area contributed by atoms with Crippen LogP contribution in [0.15, 0.2) is 60.7 Å². The summed E-state index contributed by atoms with van der Waals surface area (Å²) in [6, 6.07) is 17.4. The topological polar surface area (TPSA) is 93.7 Å². The summed E-state index contributed by atoms with van der Waals surface area (Å²) in [5.74, 6) is -0.117. The van der Waals surface area contributed by atoms with E-state index >= 15 is 0 Å². The standard InChI is InChI=1S/C26H24Cl2N2O5/c1-16-4-3-5-17(2)26(16)35-20-9-6-18(7-10-20)29-23(31)12-13-25(33)34-15-24(32)30-19-8-11-21(27)22(28)14-19/h3-11,14H,12-13,15H2,1-2H3,(H,29,31)(H,30,32). The Morgan fingerprint density at radius 2 is 1.40 bits per heavy atom. The Bertz CT molecular complexity index is 1210. The third kappa shape index (κ3) is 8.02. The summed E-state index contributed by atoms with van der Waals surface area (Å²) in [7, 11) is 0. The molecule has 0 aliphatic carbocycles. The van der Waals surface area contributed by atoms with Gasteiger partial charge >= 0.3 is 5.97 Å². The zero-order valence-electron chi connectivity index (χ0n) is 19.2. The van der Waals surface area contributed by atoms with E-state index in [4.69, 9.17) is 32.7 Å². The van der Waals surface area contributed by atoms with Crippen molar-refractivity contribution in [1.82, 2.24) is 0 Å². The highest BCUT2D eigenvalue weighted by Gasteiger charge is 2.12. The van der Waals surface area contributed by atoms with Gasteiger partial charge in [0, 0.05) is 17.8 Å². The fraction of sp³-hybridized carbons (Fsp3) is 0.192. The molecule has 182 valence electrons. The second-order valence-electron chi connectivity index (χ2n) is 7.73. The lowest BCUT2D eigenvalue weighted by Gasteiger charge is -2.12. The first kappa shape index (κ1) is 26.1. The molecule has 0 heterocycles. The molecule has 7 nitrogen and oxygen atoms in total. The van der Waals surface area contributed by atoms with Gasteiger partial charge in [-0.15, -0.1) is 0 Å². The largest absolute Gasteiger partial charge is 0.457 e. The first-order valence-corrected chi connectivity index (χ1v) is 11.5. The zero-order valence-corrected chi connectivity index (χ0v) is 20.7. The van der Waals surface area contributed by atoms with E-state index < -0.39 is 18.5 Å². The van der Waals surface area contributed by atoms with Crippen LogP contribution in [0.3, 0.4) is 0 Å². The maximum atomic E-state index is 12.2. The fourth-order valence-electron chi connectivity index (χ4n) is 3.11. The molecule has 3 rings (SSSR count). The minimum atomic E-state index is -0.665. The normalized spacial score (nSPS) is 10.4. The molecule has 0 atom stereocenters. The van der Waals surface area contributed by atoms with Crippen LogP contribution in [0, 0.1) is 13.8 Å². The zero-order chi connectivity index (χ0) is 25.4. The van der Waals surface area contributed by atoms with Crippen LogP contribution < -0.4 is 15.4 Å². The molecule has 0 saturated carbocycles. The highest BCUT2D eigenvalue weighted by molar-refractivity contribution is 6.42. The van der Waals surface area contributed by atoms with E-state index in [9.17, 15) is 14.4 Å². The average molecular weight is 515 g/mol. The van der Waals surface area contributed by atoms with E-state index in [1.54, 1.807) is 30.3 Å². The number of carbonyl (C=O) groups excluding carboxylic acids is 3. The summed E-state index contributed by atoms with van der Waals surface area (Å²) in [4.78, 5) is 36.0. The lowest BCUT2D eigenvalue weighted by Crippen LogP contribution is -2.21. The van der Waals surface area contributed by atoms with Gasteiger partial charge in [0.25, 0.3) is 5.91 Å². The average Bonchev–Trinajstić information content (AvgIpc) is 2.82. The van der Waals surface area contributed by atoms with Crippen molar-refractivity contribution in [1.29, 1.82) is 0 Å². The minimum absolute atomic E-state index is 0.0894. The van der Waals surface area contributed by atoms with E-state index in [-0.39, 0.29) is 23.8 Å². The molecule has 0 fully saturated rings. The smallest absolute Gasteiger partial charge is 0.306 e. The van der Waals surface area contributed by atoms with E-state index in [0.29, 0.717) is 22.1 Å². The van der Waals surface area contributed by atoms with Gasteiger partial charge in [-0.3, -0.25) is 14.4 Å². The molecule has 2 amide bonds. The van der Waals surface area contributed by atoms with Crippen LogP contribution in [-0.4, -0.2) is 24.4 Å². The van der Waals surface area contributed by atoms with Crippen molar-refractivity contribution in [2.24, 2.45) is 0 Å². The van der Waals surface area contributed by atoms with Crippen molar-refractivity contribution in [3.63, 3.8) is 0 Å². The van der Waals surface area contributed by atoms with Crippen LogP contribution >= 0.6 is 23.2 Å². The monoisotopic (exact) mass is 514 g/mol. The molecule has 0 aromatic heterocycles. The Hall–Kier alpha value is -3.55. The number of rotatable bonds is 9. The second kappa shape index (κ2) is 12.2. The molecular weight excluding hydrogens is 491 g/mol. The summed E-state index contributed by atoms with van der Waals surface area (Å²) in [5, 5.41) is 5.90. The van der Waals surface area contributed by atoms with Crippen LogP contribution in [0.25, 0.3) is 0 Å². The Morgan fingerprint density at radius 1 is 0.771 bits per heavy atom. The van der Waals surface area contributed by atoms with Gasteiger partial charge in [0.1, 0.15) is 11.5 Å². The van der Waals surface area contributed by atoms with Gasteiger partial charge in [-0.05, 0) is 67.4 Å². The predicted molar refractivity (Wildman–Crippen MR) is 136 cm³/mol. The highest BCUT2D eigenvalue weighted by Crippen LogP contribution is 2.29. The van der Waals surface area contributed by atoms with Crippen molar-refractivity contribution in [3.05, 3.63) is 81.8 Å². The number of hydrogen-bond acceptors (Lipinski definition) is 5. The third-order valence-electron chi connectivity index (χ3n) is 4.89. The third-order valence-corrected chi connectivity index (χ3v) is 5.63. The number of halogens is 2. The number of esters is 1. The molecule has 9 heteroatoms. The summed E-state index contributed by atoms with van der Waals surface area (Å²) < 4.78 is 10.9. The molecule has 0 radical (unpaired) electrons. The number of hydrogen-bond donors (Lipinski definition) is 2. The predicted octanol–water partition coefficient (Wildman–Crippen LogP) is 6.30. The molecule has 0 saturated heterocycles. The first-order valence-electron chi connectivity index (χ1n) is 10.8. The van der Waals surface area contributed by atoms with Crippen molar-refractivity contribution < 1.29 is 23.9 Å². The number of carbonyl (C=O) groups is 3. The fourth-order valence-corrected chi connectivity index (χ4v) is 3.41. The van der Waals surface area contributed by atoms with E-state index in [0.717, 1.165) is 16.9 Å². The molecule has 3 aromatic carbocycles. The number of aryl methyl sites for hydroxylation is 2. The summed E-state index contributed by atoms with van der Waals surface area (Å²) >= 11 is 11.7. The highest BCUT2D eigenvalue weighted by atomic mass is 35.5. The number of anilines is 2. The first-order chi connectivity index (χ1) is 16.7. The maximum Gasteiger partial charge on any atom is 0.306 e. The second-order valence-corrected chi connectivity index (χ2v) is 8.55. The van der Waals surface area contributed by atoms with Crippen molar-refractivity contribution >= 4 is 52.4 Å². The SMILES string of the molecule is Cc1cccc(C)c1Oc1ccc(NC(=O)CCC(=O)OCC(=O)Nc2ccc(Cl)c(Cl)c2)cc1. The Balaban J connectivity index is 1.39. The Kier molecular flexibility index (Phi) is 9.11. The lowest BCUT2D eigenvalue weighted by molar-refractivity contribution is -0.147. The molecule has 3 aromatic rings. The number of ether oxygens (including phenoxy) is 2. The van der Waals surface area contributed by atoms with Gasteiger partial charge in [0.05, 0.1) is 16.5 Å². The van der Waals surface area contributed by atoms with E-state index in [2.05, 4.69) is 10.6 Å². The van der Waals surface area contributed by atoms with Gasteiger partial charge in [0.2, 0.25) is 5.91 Å². The number of nitrogens with one attached hydrogen (secondary N) is 2. The van der Waals surface area contributed by atoms with Crippen molar-refractivity contribution in [2.45, 2.75) is 26.7 Å². The van der Waals surface area contributed by atoms with Crippen molar-refractivity contribution in [2.75, 3.05) is 17.2 Å². The number of para-hydroxylation sites is 1. The van der Waals surface area contributed by atoms with Crippen LogP contribution in [0.1, 0.15) is 24.0 Å². The molecule has 0 bridgehead atoms. The minimum Gasteiger partial charge on any atom is -0.457 e. The number of benzene rings is 3. The molecule has 0 aliphatic rings. The van der Waals surface area contributed by atoms with Gasteiger partial charge < -0.3 is 20.1 Å². The summed E-state index contributed by atoms with van der Waals surface area (Å²) in [5.41, 5.74) is 3.05. The Labute approximate surface area is 213 Å². The van der Waals surface area contributed by atoms with E-state index in [1.807, 2.05) is 32.0 Å². The lowest BCUT2D eigenvalue weighted by atomic mass is 10.1. The van der Waals surface area contributed by atoms with E-state index in [1.165, 1.54) is 12.1 Å². The Morgan fingerprint density at radius 3 is 2.06 bits per heavy atom. The van der Waals surface area contributed by atoms with Crippen molar-refractivity contribution in [3.8, 4) is 11.5 Å². The molecule has 0 spiro atoms. The molecule has 35 heavy (non-hydrogen) atoms. The summed E-state index contributed by atoms with van der Waals surface area (Å²) in [6.45, 7) is 3.47. The van der Waals surface area contributed by atoms with Crippen LogP contribution in [0.2, 0.25) is 10.0 Å². The van der Waals surface area contributed by atoms with Gasteiger partial charge in [-0.1, -0.05) is 41.4 Å². The molecule has 0 aliphatic heterocycles. The van der Waals surface area contributed by atoms with Crippen LogP contribution in [0.5, 0.6) is 11.5 Å². The van der Waals surface area contributed by atoms with Gasteiger partial charge in [-0.25, -0.2) is 0 Å². The number of amides is 2. The van der Waals surface area contributed by atoms with Crippen LogP contribution in [0.4, 0.5) is 11.4 Å². The maximum absolute atomic E-state index is 12.2. The molecule has 2 N–H and O–H groups in total. The molecular formula is C26H24Cl2N2O5. The van der Waals surface area contributed by atoms with Gasteiger partial charge in [-0.2, -0.15) is 0 Å².